The number of carbonyl (C=O) groups is 1. The molecule has 0 heterocycles. The van der Waals surface area contributed by atoms with Crippen molar-refractivity contribution >= 4 is 5.91 Å². The highest BCUT2D eigenvalue weighted by atomic mass is 16.5. The van der Waals surface area contributed by atoms with Crippen LogP contribution >= 0.6 is 0 Å². The Morgan fingerprint density at radius 2 is 2.13 bits per heavy atom. The lowest BCUT2D eigenvalue weighted by Gasteiger charge is -2.01. The molecule has 0 unspecified atom stereocenters. The van der Waals surface area contributed by atoms with Gasteiger partial charge in [0, 0.05) is 12.6 Å². The van der Waals surface area contributed by atoms with Crippen molar-refractivity contribution in [1.29, 1.82) is 0 Å². The monoisotopic (exact) mass is 205 g/mol. The molecule has 0 bridgehead atoms. The Balaban J connectivity index is 2.28. The van der Waals surface area contributed by atoms with E-state index < -0.39 is 0 Å². The van der Waals surface area contributed by atoms with Crippen molar-refractivity contribution in [3.05, 3.63) is 48.2 Å². The molecular weight excluding hydrogens is 190 g/mol. The summed E-state index contributed by atoms with van der Waals surface area (Å²) in [6.45, 7) is 2.98. The first-order valence-electron chi connectivity index (χ1n) is 4.93. The Hall–Kier alpha value is -1.77. The van der Waals surface area contributed by atoms with Crippen LogP contribution in [0.25, 0.3) is 0 Å². The smallest absolute Gasteiger partial charge is 0.247 e. The molecule has 1 amide bonds. The third-order valence-corrected chi connectivity index (χ3v) is 1.79. The van der Waals surface area contributed by atoms with E-state index in [4.69, 9.17) is 4.74 Å². The zero-order valence-corrected chi connectivity index (χ0v) is 8.77. The van der Waals surface area contributed by atoms with Crippen LogP contribution in [0.5, 0.6) is 0 Å². The van der Waals surface area contributed by atoms with E-state index in [1.54, 1.807) is 0 Å². The number of nitrogens with one attached hydrogen (secondary N) is 1. The molecule has 0 spiro atoms. The van der Waals surface area contributed by atoms with E-state index in [9.17, 15) is 4.79 Å². The van der Waals surface area contributed by atoms with Gasteiger partial charge in [-0.3, -0.25) is 4.79 Å². The highest BCUT2D eigenvalue weighted by molar-refractivity contribution is 5.87. The van der Waals surface area contributed by atoms with Gasteiger partial charge in [0.15, 0.2) is 0 Å². The Kier molecular flexibility index (Phi) is 5.01. The fourth-order valence-corrected chi connectivity index (χ4v) is 1.05. The van der Waals surface area contributed by atoms with E-state index in [0.717, 1.165) is 5.56 Å². The van der Waals surface area contributed by atoms with Gasteiger partial charge in [0.25, 0.3) is 0 Å². The Bertz CT molecular complexity index is 320. The van der Waals surface area contributed by atoms with E-state index in [1.807, 2.05) is 37.3 Å². The normalized spacial score (nSPS) is 10.2. The molecule has 0 radical (unpaired) electrons. The molecule has 80 valence electrons. The summed E-state index contributed by atoms with van der Waals surface area (Å²) in [5, 5.41) is 2.75. The minimum Gasteiger partial charge on any atom is -0.501 e. The SMILES string of the molecule is CCO/C=C/C(=O)NCc1ccccc1. The van der Waals surface area contributed by atoms with Crippen molar-refractivity contribution in [2.45, 2.75) is 13.5 Å². The molecule has 0 aliphatic carbocycles. The Morgan fingerprint density at radius 3 is 2.80 bits per heavy atom. The lowest BCUT2D eigenvalue weighted by Crippen LogP contribution is -2.20. The molecule has 1 aromatic rings. The maximum atomic E-state index is 11.2. The third kappa shape index (κ3) is 4.86. The molecule has 0 aromatic heterocycles. The number of hydrogen-bond acceptors (Lipinski definition) is 2. The maximum absolute atomic E-state index is 11.2. The van der Waals surface area contributed by atoms with Gasteiger partial charge in [0.1, 0.15) is 0 Å². The summed E-state index contributed by atoms with van der Waals surface area (Å²) in [4.78, 5) is 11.2. The second-order valence-electron chi connectivity index (χ2n) is 2.96. The summed E-state index contributed by atoms with van der Waals surface area (Å²) >= 11 is 0. The topological polar surface area (TPSA) is 38.3 Å². The van der Waals surface area contributed by atoms with Crippen molar-refractivity contribution in [3.63, 3.8) is 0 Å². The van der Waals surface area contributed by atoms with Crippen LogP contribution in [-0.2, 0) is 16.1 Å². The third-order valence-electron chi connectivity index (χ3n) is 1.79. The van der Waals surface area contributed by atoms with Crippen LogP contribution in [0.2, 0.25) is 0 Å². The van der Waals surface area contributed by atoms with Crippen LogP contribution in [0.4, 0.5) is 0 Å². The fourth-order valence-electron chi connectivity index (χ4n) is 1.05. The van der Waals surface area contributed by atoms with Crippen LogP contribution in [-0.4, -0.2) is 12.5 Å². The second-order valence-corrected chi connectivity index (χ2v) is 2.96. The minimum atomic E-state index is -0.146. The van der Waals surface area contributed by atoms with Crippen molar-refractivity contribution in [3.8, 4) is 0 Å². The molecule has 3 heteroatoms. The number of hydrogen-bond donors (Lipinski definition) is 1. The van der Waals surface area contributed by atoms with Gasteiger partial charge < -0.3 is 10.1 Å². The summed E-state index contributed by atoms with van der Waals surface area (Å²) in [5.74, 6) is -0.146. The van der Waals surface area contributed by atoms with E-state index in [2.05, 4.69) is 5.32 Å². The fraction of sp³-hybridized carbons (Fsp3) is 0.250. The van der Waals surface area contributed by atoms with Gasteiger partial charge in [-0.2, -0.15) is 0 Å². The van der Waals surface area contributed by atoms with E-state index in [0.29, 0.717) is 13.2 Å². The summed E-state index contributed by atoms with van der Waals surface area (Å²) in [6.07, 6.45) is 2.78. The van der Waals surface area contributed by atoms with Crippen molar-refractivity contribution in [2.24, 2.45) is 0 Å². The van der Waals surface area contributed by atoms with Gasteiger partial charge in [-0.1, -0.05) is 30.3 Å². The quantitative estimate of drug-likeness (QED) is 0.588. The molecule has 0 fully saturated rings. The van der Waals surface area contributed by atoms with Gasteiger partial charge in [-0.05, 0) is 12.5 Å². The first-order valence-corrected chi connectivity index (χ1v) is 4.93. The summed E-state index contributed by atoms with van der Waals surface area (Å²) in [6, 6.07) is 9.76. The first-order chi connectivity index (χ1) is 7.33. The molecule has 0 aliphatic rings. The zero-order valence-electron chi connectivity index (χ0n) is 8.77. The summed E-state index contributed by atoms with van der Waals surface area (Å²) in [5.41, 5.74) is 1.08. The molecule has 0 atom stereocenters. The largest absolute Gasteiger partial charge is 0.501 e. The summed E-state index contributed by atoms with van der Waals surface area (Å²) in [7, 11) is 0. The van der Waals surface area contributed by atoms with Crippen LogP contribution in [0.1, 0.15) is 12.5 Å². The molecule has 0 saturated carbocycles. The van der Waals surface area contributed by atoms with Crippen molar-refractivity contribution in [1.82, 2.24) is 5.32 Å². The number of benzene rings is 1. The molecule has 3 nitrogen and oxygen atoms in total. The molecule has 0 saturated heterocycles. The number of ether oxygens (including phenoxy) is 1. The van der Waals surface area contributed by atoms with Crippen molar-refractivity contribution in [2.75, 3.05) is 6.61 Å². The lowest BCUT2D eigenvalue weighted by atomic mass is 10.2. The van der Waals surface area contributed by atoms with Crippen LogP contribution in [0.3, 0.4) is 0 Å². The van der Waals surface area contributed by atoms with Gasteiger partial charge in [-0.15, -0.1) is 0 Å². The molecule has 0 aliphatic heterocycles. The number of amides is 1. The van der Waals surface area contributed by atoms with Gasteiger partial charge in [0.2, 0.25) is 5.91 Å². The first kappa shape index (κ1) is 11.3. The predicted octanol–water partition coefficient (Wildman–Crippen LogP) is 1.85. The van der Waals surface area contributed by atoms with E-state index >= 15 is 0 Å². The zero-order chi connectivity index (χ0) is 10.9. The standard InChI is InChI=1S/C12H15NO2/c1-2-15-9-8-12(14)13-10-11-6-4-3-5-7-11/h3-9H,2,10H2,1H3,(H,13,14)/b9-8+. The lowest BCUT2D eigenvalue weighted by molar-refractivity contribution is -0.116. The molecule has 1 aromatic carbocycles. The van der Waals surface area contributed by atoms with Gasteiger partial charge in [-0.25, -0.2) is 0 Å². The van der Waals surface area contributed by atoms with Crippen LogP contribution in [0, 0.1) is 0 Å². The van der Waals surface area contributed by atoms with Gasteiger partial charge in [0.05, 0.1) is 12.9 Å². The Morgan fingerprint density at radius 1 is 1.40 bits per heavy atom. The van der Waals surface area contributed by atoms with E-state index in [-0.39, 0.29) is 5.91 Å². The Labute approximate surface area is 89.8 Å². The molecule has 1 N–H and O–H groups in total. The maximum Gasteiger partial charge on any atom is 0.247 e. The van der Waals surface area contributed by atoms with E-state index in [1.165, 1.54) is 12.3 Å². The van der Waals surface area contributed by atoms with Crippen molar-refractivity contribution < 1.29 is 9.53 Å². The number of carbonyl (C=O) groups excluding carboxylic acids is 1. The molecule has 15 heavy (non-hydrogen) atoms. The van der Waals surface area contributed by atoms with Crippen LogP contribution < -0.4 is 5.32 Å². The average Bonchev–Trinajstić information content (AvgIpc) is 2.28. The van der Waals surface area contributed by atoms with Gasteiger partial charge >= 0.3 is 0 Å². The molecular formula is C12H15NO2. The highest BCUT2D eigenvalue weighted by Crippen LogP contribution is 1.96. The summed E-state index contributed by atoms with van der Waals surface area (Å²) < 4.78 is 4.91. The second kappa shape index (κ2) is 6.65. The number of rotatable bonds is 5. The average molecular weight is 205 g/mol. The van der Waals surface area contributed by atoms with Crippen LogP contribution in [0.15, 0.2) is 42.7 Å². The molecule has 1 rings (SSSR count). The highest BCUT2D eigenvalue weighted by Gasteiger charge is 1.95. The minimum absolute atomic E-state index is 0.146. The predicted molar refractivity (Wildman–Crippen MR) is 59.1 cm³/mol.